The highest BCUT2D eigenvalue weighted by atomic mass is 35.5. The number of rotatable bonds is 6. The third-order valence-corrected chi connectivity index (χ3v) is 5.45. The highest BCUT2D eigenvalue weighted by molar-refractivity contribution is 6.36. The van der Waals surface area contributed by atoms with Gasteiger partial charge >= 0.3 is 0 Å². The summed E-state index contributed by atoms with van der Waals surface area (Å²) in [7, 11) is 0. The van der Waals surface area contributed by atoms with Gasteiger partial charge in [0.15, 0.2) is 6.61 Å². The van der Waals surface area contributed by atoms with Crippen LogP contribution in [-0.2, 0) is 11.2 Å². The van der Waals surface area contributed by atoms with Crippen molar-refractivity contribution < 1.29 is 14.3 Å². The Hall–Kier alpha value is -2.24. The van der Waals surface area contributed by atoms with Gasteiger partial charge in [-0.1, -0.05) is 48.7 Å². The summed E-state index contributed by atoms with van der Waals surface area (Å²) < 4.78 is 5.62. The Labute approximate surface area is 181 Å². The summed E-state index contributed by atoms with van der Waals surface area (Å²) in [6.07, 6.45) is 2.13. The van der Waals surface area contributed by atoms with E-state index >= 15 is 0 Å². The molecule has 0 unspecified atom stereocenters. The Kier molecular flexibility index (Phi) is 7.40. The molecular weight excluding hydrogens is 411 g/mol. The largest absolute Gasteiger partial charge is 0.484 e. The molecule has 0 aromatic heterocycles. The summed E-state index contributed by atoms with van der Waals surface area (Å²) in [5, 5.41) is 0.821. The maximum atomic E-state index is 12.7. The van der Waals surface area contributed by atoms with Crippen LogP contribution in [0.5, 0.6) is 5.75 Å². The lowest BCUT2D eigenvalue weighted by Gasteiger charge is -2.34. The average molecular weight is 435 g/mol. The van der Waals surface area contributed by atoms with Crippen molar-refractivity contribution in [3.05, 3.63) is 63.6 Å². The van der Waals surface area contributed by atoms with Gasteiger partial charge in [-0.25, -0.2) is 0 Å². The monoisotopic (exact) mass is 434 g/mol. The van der Waals surface area contributed by atoms with Crippen LogP contribution in [0.15, 0.2) is 42.5 Å². The molecule has 2 aromatic rings. The molecule has 1 aliphatic rings. The molecule has 0 atom stereocenters. The number of carbonyl (C=O) groups excluding carboxylic acids is 2. The highest BCUT2D eigenvalue weighted by Gasteiger charge is 2.26. The van der Waals surface area contributed by atoms with Crippen molar-refractivity contribution in [2.75, 3.05) is 32.8 Å². The number of halogens is 2. The van der Waals surface area contributed by atoms with Crippen molar-refractivity contribution in [3.63, 3.8) is 0 Å². The molecule has 0 aliphatic carbocycles. The minimum absolute atomic E-state index is 0.00984. The lowest BCUT2D eigenvalue weighted by molar-refractivity contribution is -0.134. The Bertz CT molecular complexity index is 863. The van der Waals surface area contributed by atoms with Crippen molar-refractivity contribution in [1.29, 1.82) is 0 Å². The third kappa shape index (κ3) is 5.64. The number of piperazine rings is 1. The van der Waals surface area contributed by atoms with E-state index in [0.29, 0.717) is 47.5 Å². The first-order valence-corrected chi connectivity index (χ1v) is 10.5. The van der Waals surface area contributed by atoms with Crippen molar-refractivity contribution in [2.24, 2.45) is 0 Å². The maximum Gasteiger partial charge on any atom is 0.260 e. The number of hydrogen-bond acceptors (Lipinski definition) is 3. The molecule has 7 heteroatoms. The van der Waals surface area contributed by atoms with Crippen molar-refractivity contribution in [2.45, 2.75) is 19.8 Å². The summed E-state index contributed by atoms with van der Waals surface area (Å²) in [4.78, 5) is 28.5. The number of benzene rings is 2. The smallest absolute Gasteiger partial charge is 0.260 e. The molecule has 1 saturated heterocycles. The fraction of sp³-hybridized carbons (Fsp3) is 0.364. The minimum Gasteiger partial charge on any atom is -0.484 e. The molecule has 1 heterocycles. The van der Waals surface area contributed by atoms with Gasteiger partial charge in [0.05, 0.1) is 10.6 Å². The zero-order valence-electron chi connectivity index (χ0n) is 16.4. The minimum atomic E-state index is -0.151. The topological polar surface area (TPSA) is 49.9 Å². The second kappa shape index (κ2) is 9.99. The number of nitrogens with zero attached hydrogens (tertiary/aromatic N) is 2. The van der Waals surface area contributed by atoms with E-state index in [-0.39, 0.29) is 18.4 Å². The summed E-state index contributed by atoms with van der Waals surface area (Å²) >= 11 is 12.0. The summed E-state index contributed by atoms with van der Waals surface area (Å²) in [5.74, 6) is 0.450. The summed E-state index contributed by atoms with van der Waals surface area (Å²) in [6.45, 7) is 3.97. The Balaban J connectivity index is 1.48. The molecule has 2 amide bonds. The molecular formula is C22H24Cl2N2O3. The fourth-order valence-corrected chi connectivity index (χ4v) is 3.76. The van der Waals surface area contributed by atoms with E-state index in [1.807, 2.05) is 24.3 Å². The van der Waals surface area contributed by atoms with Gasteiger partial charge in [0.1, 0.15) is 5.75 Å². The zero-order chi connectivity index (χ0) is 20.8. The lowest BCUT2D eigenvalue weighted by Crippen LogP contribution is -2.51. The first kappa shape index (κ1) is 21.5. The van der Waals surface area contributed by atoms with Crippen LogP contribution in [0.3, 0.4) is 0 Å². The molecule has 2 aromatic carbocycles. The lowest BCUT2D eigenvalue weighted by atomic mass is 10.1. The van der Waals surface area contributed by atoms with Crippen LogP contribution in [-0.4, -0.2) is 54.4 Å². The van der Waals surface area contributed by atoms with Crippen molar-refractivity contribution >= 4 is 35.0 Å². The van der Waals surface area contributed by atoms with Crippen LogP contribution in [0.4, 0.5) is 0 Å². The van der Waals surface area contributed by atoms with Crippen molar-refractivity contribution in [3.8, 4) is 5.75 Å². The van der Waals surface area contributed by atoms with E-state index in [4.69, 9.17) is 27.9 Å². The van der Waals surface area contributed by atoms with Gasteiger partial charge in [0.2, 0.25) is 0 Å². The molecule has 0 N–H and O–H groups in total. The van der Waals surface area contributed by atoms with Gasteiger partial charge < -0.3 is 14.5 Å². The Morgan fingerprint density at radius 3 is 2.24 bits per heavy atom. The van der Waals surface area contributed by atoms with E-state index in [1.165, 1.54) is 5.56 Å². The van der Waals surface area contributed by atoms with E-state index in [9.17, 15) is 9.59 Å². The van der Waals surface area contributed by atoms with Crippen molar-refractivity contribution in [1.82, 2.24) is 9.80 Å². The van der Waals surface area contributed by atoms with Crippen LogP contribution in [0.25, 0.3) is 0 Å². The van der Waals surface area contributed by atoms with Crippen LogP contribution in [0.1, 0.15) is 29.3 Å². The van der Waals surface area contributed by atoms with Gasteiger partial charge in [-0.05, 0) is 42.3 Å². The van der Waals surface area contributed by atoms with Gasteiger partial charge in [0, 0.05) is 31.2 Å². The zero-order valence-corrected chi connectivity index (χ0v) is 17.9. The predicted octanol–water partition coefficient (Wildman–Crippen LogP) is 4.31. The average Bonchev–Trinajstić information content (AvgIpc) is 2.73. The maximum absolute atomic E-state index is 12.7. The molecule has 29 heavy (non-hydrogen) atoms. The van der Waals surface area contributed by atoms with Gasteiger partial charge in [-0.2, -0.15) is 0 Å². The van der Waals surface area contributed by atoms with Crippen LogP contribution in [0.2, 0.25) is 10.0 Å². The second-order valence-electron chi connectivity index (χ2n) is 6.98. The second-order valence-corrected chi connectivity index (χ2v) is 7.82. The number of amides is 2. The fourth-order valence-electron chi connectivity index (χ4n) is 3.27. The first-order valence-electron chi connectivity index (χ1n) is 9.71. The predicted molar refractivity (Wildman–Crippen MR) is 115 cm³/mol. The number of aryl methyl sites for hydroxylation is 1. The van der Waals surface area contributed by atoms with E-state index in [2.05, 4.69) is 6.92 Å². The third-order valence-electron chi connectivity index (χ3n) is 4.91. The molecule has 0 bridgehead atoms. The molecule has 5 nitrogen and oxygen atoms in total. The Morgan fingerprint density at radius 1 is 0.966 bits per heavy atom. The highest BCUT2D eigenvalue weighted by Crippen LogP contribution is 2.23. The van der Waals surface area contributed by atoms with Gasteiger partial charge in [-0.3, -0.25) is 9.59 Å². The molecule has 0 saturated carbocycles. The molecule has 1 fully saturated rings. The molecule has 1 aliphatic heterocycles. The quantitative estimate of drug-likeness (QED) is 0.680. The van der Waals surface area contributed by atoms with E-state index in [0.717, 1.165) is 12.8 Å². The summed E-state index contributed by atoms with van der Waals surface area (Å²) in [6, 6.07) is 12.7. The van der Waals surface area contributed by atoms with Gasteiger partial charge in [-0.15, -0.1) is 0 Å². The molecule has 3 rings (SSSR count). The SMILES string of the molecule is CCCc1ccc(OCC(=O)N2CCN(C(=O)c3ccc(Cl)cc3Cl)CC2)cc1. The van der Waals surface area contributed by atoms with E-state index in [1.54, 1.807) is 28.0 Å². The van der Waals surface area contributed by atoms with Gasteiger partial charge in [0.25, 0.3) is 11.8 Å². The van der Waals surface area contributed by atoms with Crippen LogP contribution >= 0.6 is 23.2 Å². The summed E-state index contributed by atoms with van der Waals surface area (Å²) in [5.41, 5.74) is 1.68. The first-order chi connectivity index (χ1) is 14.0. The normalized spacial score (nSPS) is 14.0. The standard InChI is InChI=1S/C22H24Cl2N2O3/c1-2-3-16-4-7-18(8-5-16)29-15-21(27)25-10-12-26(13-11-25)22(28)19-9-6-17(23)14-20(19)24/h4-9,14H,2-3,10-13,15H2,1H3. The molecule has 154 valence electrons. The number of hydrogen-bond donors (Lipinski definition) is 0. The Morgan fingerprint density at radius 2 is 1.62 bits per heavy atom. The van der Waals surface area contributed by atoms with Crippen LogP contribution < -0.4 is 4.74 Å². The number of ether oxygens (including phenoxy) is 1. The number of carbonyl (C=O) groups is 2. The van der Waals surface area contributed by atoms with E-state index < -0.39 is 0 Å². The van der Waals surface area contributed by atoms with Crippen LogP contribution in [0, 0.1) is 0 Å². The molecule has 0 radical (unpaired) electrons. The molecule has 0 spiro atoms.